The van der Waals surface area contributed by atoms with Gasteiger partial charge in [-0.15, -0.1) is 0 Å². The minimum absolute atomic E-state index is 0.289. The van der Waals surface area contributed by atoms with Crippen LogP contribution in [0.4, 0.5) is 0 Å². The zero-order valence-corrected chi connectivity index (χ0v) is 14.2. The Labute approximate surface area is 142 Å². The molecule has 0 spiro atoms. The molecule has 3 rings (SSSR count). The third-order valence-corrected chi connectivity index (χ3v) is 4.75. The molecular weight excluding hydrogens is 401 g/mol. The van der Waals surface area contributed by atoms with Crippen LogP contribution in [0.1, 0.15) is 23.6 Å². The Bertz CT molecular complexity index is 663. The van der Waals surface area contributed by atoms with Gasteiger partial charge in [0, 0.05) is 21.1 Å². The molecule has 5 heteroatoms. The highest BCUT2D eigenvalue weighted by Crippen LogP contribution is 2.38. The first-order chi connectivity index (χ1) is 10.2. The van der Waals surface area contributed by atoms with E-state index in [-0.39, 0.29) is 6.04 Å². The van der Waals surface area contributed by atoms with Crippen LogP contribution in [-0.4, -0.2) is 13.2 Å². The van der Waals surface area contributed by atoms with E-state index in [0.717, 1.165) is 21.1 Å². The van der Waals surface area contributed by atoms with Gasteiger partial charge < -0.3 is 15.2 Å². The average molecular weight is 416 g/mol. The first-order valence-corrected chi connectivity index (χ1v) is 8.21. The van der Waals surface area contributed by atoms with Gasteiger partial charge in [0.15, 0.2) is 11.5 Å². The molecule has 1 heterocycles. The Balaban J connectivity index is 2.02. The van der Waals surface area contributed by atoms with Crippen LogP contribution in [0.15, 0.2) is 36.4 Å². The molecule has 3 nitrogen and oxygen atoms in total. The number of hydrogen-bond donors (Lipinski definition) is 1. The monoisotopic (exact) mass is 415 g/mol. The molecule has 0 aromatic heterocycles. The first-order valence-electron chi connectivity index (χ1n) is 6.76. The van der Waals surface area contributed by atoms with Crippen LogP contribution >= 0.6 is 34.2 Å². The number of benzene rings is 2. The van der Waals surface area contributed by atoms with Gasteiger partial charge in [-0.3, -0.25) is 0 Å². The topological polar surface area (TPSA) is 44.5 Å². The summed E-state index contributed by atoms with van der Waals surface area (Å²) in [6.45, 7) is 1.29. The summed E-state index contributed by atoms with van der Waals surface area (Å²) in [4.78, 5) is 0. The quantitative estimate of drug-likeness (QED) is 0.749. The minimum atomic E-state index is -0.289. The molecule has 0 fully saturated rings. The second-order valence-corrected chi connectivity index (χ2v) is 6.44. The molecule has 2 aromatic rings. The molecule has 0 saturated carbocycles. The second kappa shape index (κ2) is 6.42. The van der Waals surface area contributed by atoms with Crippen molar-refractivity contribution in [1.29, 1.82) is 0 Å². The van der Waals surface area contributed by atoms with Crippen molar-refractivity contribution < 1.29 is 9.47 Å². The molecule has 0 radical (unpaired) electrons. The number of hydrogen-bond acceptors (Lipinski definition) is 3. The van der Waals surface area contributed by atoms with Crippen LogP contribution in [0, 0.1) is 3.57 Å². The fourth-order valence-electron chi connectivity index (χ4n) is 2.33. The molecule has 0 saturated heterocycles. The number of rotatable bonds is 2. The molecule has 110 valence electrons. The Kier molecular flexibility index (Phi) is 4.57. The fraction of sp³-hybridized carbons (Fsp3) is 0.250. The number of ether oxygens (including phenoxy) is 2. The van der Waals surface area contributed by atoms with Gasteiger partial charge in [0.25, 0.3) is 0 Å². The molecule has 0 bridgehead atoms. The second-order valence-electron chi connectivity index (χ2n) is 4.87. The Morgan fingerprint density at radius 2 is 1.71 bits per heavy atom. The molecule has 1 aliphatic heterocycles. The third kappa shape index (κ3) is 3.12. The SMILES string of the molecule is NC(c1cc2c(cc1Cl)OCCCO2)c1ccccc1I. The van der Waals surface area contributed by atoms with Crippen molar-refractivity contribution in [2.75, 3.05) is 13.2 Å². The summed E-state index contributed by atoms with van der Waals surface area (Å²) in [7, 11) is 0. The van der Waals surface area contributed by atoms with E-state index in [4.69, 9.17) is 26.8 Å². The molecule has 2 aromatic carbocycles. The normalized spacial score (nSPS) is 15.4. The first kappa shape index (κ1) is 14.9. The van der Waals surface area contributed by atoms with E-state index in [1.54, 1.807) is 6.07 Å². The maximum Gasteiger partial charge on any atom is 0.162 e. The van der Waals surface area contributed by atoms with Gasteiger partial charge in [-0.1, -0.05) is 29.8 Å². The Hall–Kier alpha value is -0.980. The van der Waals surface area contributed by atoms with Crippen molar-refractivity contribution in [2.24, 2.45) is 5.73 Å². The van der Waals surface area contributed by atoms with Crippen LogP contribution in [0.25, 0.3) is 0 Å². The van der Waals surface area contributed by atoms with Crippen LogP contribution < -0.4 is 15.2 Å². The highest BCUT2D eigenvalue weighted by Gasteiger charge is 2.20. The summed E-state index contributed by atoms with van der Waals surface area (Å²) in [6, 6.07) is 11.4. The third-order valence-electron chi connectivity index (χ3n) is 3.44. The Morgan fingerprint density at radius 3 is 2.43 bits per heavy atom. The van der Waals surface area contributed by atoms with E-state index in [1.807, 2.05) is 30.3 Å². The van der Waals surface area contributed by atoms with Crippen molar-refractivity contribution in [1.82, 2.24) is 0 Å². The standard InChI is InChI=1S/C16H15ClINO2/c17-12-9-15-14(20-6-3-7-21-15)8-11(12)16(19)10-4-1-2-5-13(10)18/h1-2,4-5,8-9,16H,3,6-7,19H2. The van der Waals surface area contributed by atoms with Gasteiger partial charge in [0.2, 0.25) is 0 Å². The van der Waals surface area contributed by atoms with E-state index >= 15 is 0 Å². The molecule has 1 aliphatic rings. The average Bonchev–Trinajstić information content (AvgIpc) is 2.71. The minimum Gasteiger partial charge on any atom is -0.490 e. The lowest BCUT2D eigenvalue weighted by atomic mass is 9.99. The summed E-state index contributed by atoms with van der Waals surface area (Å²) < 4.78 is 12.5. The van der Waals surface area contributed by atoms with Crippen molar-refractivity contribution in [3.05, 3.63) is 56.1 Å². The van der Waals surface area contributed by atoms with Crippen molar-refractivity contribution in [3.8, 4) is 11.5 Å². The van der Waals surface area contributed by atoms with Crippen LogP contribution in [0.2, 0.25) is 5.02 Å². The number of nitrogens with two attached hydrogens (primary N) is 1. The van der Waals surface area contributed by atoms with Gasteiger partial charge in [-0.25, -0.2) is 0 Å². The maximum absolute atomic E-state index is 6.40. The lowest BCUT2D eigenvalue weighted by Crippen LogP contribution is -2.14. The molecular formula is C16H15ClINO2. The lowest BCUT2D eigenvalue weighted by Gasteiger charge is -2.18. The van der Waals surface area contributed by atoms with Crippen molar-refractivity contribution in [3.63, 3.8) is 0 Å². The van der Waals surface area contributed by atoms with E-state index in [2.05, 4.69) is 22.6 Å². The van der Waals surface area contributed by atoms with Crippen LogP contribution in [-0.2, 0) is 0 Å². The predicted molar refractivity (Wildman–Crippen MR) is 92.2 cm³/mol. The van der Waals surface area contributed by atoms with Crippen LogP contribution in [0.5, 0.6) is 11.5 Å². The Morgan fingerprint density at radius 1 is 1.05 bits per heavy atom. The van der Waals surface area contributed by atoms with Crippen LogP contribution in [0.3, 0.4) is 0 Å². The van der Waals surface area contributed by atoms with Gasteiger partial charge in [0.1, 0.15) is 0 Å². The molecule has 2 N–H and O–H groups in total. The summed E-state index contributed by atoms with van der Waals surface area (Å²) in [5.41, 5.74) is 8.31. The van der Waals surface area contributed by atoms with E-state index in [0.29, 0.717) is 29.7 Å². The van der Waals surface area contributed by atoms with E-state index in [1.165, 1.54) is 0 Å². The highest BCUT2D eigenvalue weighted by atomic mass is 127. The fourth-order valence-corrected chi connectivity index (χ4v) is 3.33. The molecule has 1 atom stereocenters. The molecule has 1 unspecified atom stereocenters. The van der Waals surface area contributed by atoms with Crippen molar-refractivity contribution >= 4 is 34.2 Å². The molecule has 0 amide bonds. The lowest BCUT2D eigenvalue weighted by molar-refractivity contribution is 0.297. The van der Waals surface area contributed by atoms with E-state index < -0.39 is 0 Å². The van der Waals surface area contributed by atoms with E-state index in [9.17, 15) is 0 Å². The number of halogens is 2. The summed E-state index contributed by atoms with van der Waals surface area (Å²) in [5.74, 6) is 1.41. The molecule has 21 heavy (non-hydrogen) atoms. The molecule has 0 aliphatic carbocycles. The van der Waals surface area contributed by atoms with Gasteiger partial charge in [0.05, 0.1) is 19.3 Å². The summed E-state index contributed by atoms with van der Waals surface area (Å²) in [6.07, 6.45) is 0.865. The summed E-state index contributed by atoms with van der Waals surface area (Å²) in [5, 5.41) is 0.603. The zero-order chi connectivity index (χ0) is 14.8. The zero-order valence-electron chi connectivity index (χ0n) is 11.3. The van der Waals surface area contributed by atoms with Gasteiger partial charge >= 0.3 is 0 Å². The smallest absolute Gasteiger partial charge is 0.162 e. The van der Waals surface area contributed by atoms with Crippen molar-refractivity contribution in [2.45, 2.75) is 12.5 Å². The van der Waals surface area contributed by atoms with Gasteiger partial charge in [-0.05, 0) is 45.9 Å². The predicted octanol–water partition coefficient (Wildman–Crippen LogP) is 4.15. The maximum atomic E-state index is 6.40. The number of fused-ring (bicyclic) bond motifs is 1. The van der Waals surface area contributed by atoms with Gasteiger partial charge in [-0.2, -0.15) is 0 Å². The largest absolute Gasteiger partial charge is 0.490 e. The highest BCUT2D eigenvalue weighted by molar-refractivity contribution is 14.1. The summed E-state index contributed by atoms with van der Waals surface area (Å²) >= 11 is 8.68.